The Morgan fingerprint density at radius 2 is 1.60 bits per heavy atom. The maximum Gasteiger partial charge on any atom is 0.0489 e. The summed E-state index contributed by atoms with van der Waals surface area (Å²) in [6.07, 6.45) is 3.14. The van der Waals surface area contributed by atoms with Crippen LogP contribution in [0.4, 0.5) is 0 Å². The quantitative estimate of drug-likeness (QED) is 0.502. The smallest absolute Gasteiger partial charge is 0.0489 e. The van der Waals surface area contributed by atoms with Crippen LogP contribution in [-0.2, 0) is 6.42 Å². The van der Waals surface area contributed by atoms with E-state index in [-0.39, 0.29) is 0 Å². The maximum atomic E-state index is 3.45. The molecule has 0 radical (unpaired) electrons. The van der Waals surface area contributed by atoms with Crippen LogP contribution in [0.15, 0.2) is 48.7 Å². The van der Waals surface area contributed by atoms with Crippen LogP contribution in [0, 0.1) is 13.8 Å². The predicted molar refractivity (Wildman–Crippen MR) is 83.9 cm³/mol. The third-order valence-corrected chi connectivity index (χ3v) is 4.52. The second-order valence-electron chi connectivity index (χ2n) is 5.64. The fraction of sp³-hybridized carbons (Fsp3) is 0.158. The van der Waals surface area contributed by atoms with E-state index >= 15 is 0 Å². The molecule has 0 saturated carbocycles. The van der Waals surface area contributed by atoms with Crippen LogP contribution in [0.5, 0.6) is 0 Å². The van der Waals surface area contributed by atoms with Gasteiger partial charge in [0.15, 0.2) is 0 Å². The topological polar surface area (TPSA) is 15.8 Å². The Morgan fingerprint density at radius 3 is 2.40 bits per heavy atom. The minimum absolute atomic E-state index is 1.04. The summed E-state index contributed by atoms with van der Waals surface area (Å²) in [6, 6.07) is 15.4. The Balaban J connectivity index is 1.96. The van der Waals surface area contributed by atoms with Gasteiger partial charge >= 0.3 is 0 Å². The minimum atomic E-state index is 1.04. The zero-order valence-corrected chi connectivity index (χ0v) is 11.8. The van der Waals surface area contributed by atoms with Crippen LogP contribution in [0.2, 0.25) is 0 Å². The number of aromatic nitrogens is 1. The van der Waals surface area contributed by atoms with Gasteiger partial charge in [0.1, 0.15) is 0 Å². The van der Waals surface area contributed by atoms with Gasteiger partial charge in [0, 0.05) is 17.5 Å². The highest BCUT2D eigenvalue weighted by atomic mass is 14.7. The van der Waals surface area contributed by atoms with Crippen molar-refractivity contribution in [1.29, 1.82) is 0 Å². The Kier molecular flexibility index (Phi) is 2.37. The summed E-state index contributed by atoms with van der Waals surface area (Å²) in [5.41, 5.74) is 11.0. The van der Waals surface area contributed by atoms with Gasteiger partial charge in [-0.2, -0.15) is 0 Å². The van der Waals surface area contributed by atoms with E-state index in [1.54, 1.807) is 0 Å². The van der Waals surface area contributed by atoms with Crippen molar-refractivity contribution in [1.82, 2.24) is 4.98 Å². The first kappa shape index (κ1) is 11.5. The van der Waals surface area contributed by atoms with Crippen molar-refractivity contribution in [2.45, 2.75) is 20.3 Å². The Bertz CT molecular complexity index is 808. The van der Waals surface area contributed by atoms with Gasteiger partial charge in [0.2, 0.25) is 0 Å². The van der Waals surface area contributed by atoms with Crippen molar-refractivity contribution in [2.75, 3.05) is 0 Å². The lowest BCUT2D eigenvalue weighted by atomic mass is 9.97. The monoisotopic (exact) mass is 259 g/mol. The van der Waals surface area contributed by atoms with E-state index in [0.717, 1.165) is 6.42 Å². The highest BCUT2D eigenvalue weighted by Gasteiger charge is 2.22. The van der Waals surface area contributed by atoms with Crippen LogP contribution in [0.25, 0.3) is 22.4 Å². The first-order valence-corrected chi connectivity index (χ1v) is 7.11. The average Bonchev–Trinajstić information content (AvgIpc) is 3.01. The number of fused-ring (bicyclic) bond motifs is 3. The van der Waals surface area contributed by atoms with Crippen LogP contribution in [0.1, 0.15) is 22.3 Å². The molecule has 0 saturated heterocycles. The van der Waals surface area contributed by atoms with Crippen LogP contribution in [-0.4, -0.2) is 4.98 Å². The summed E-state index contributed by atoms with van der Waals surface area (Å²) in [5.74, 6) is 0. The van der Waals surface area contributed by atoms with Gasteiger partial charge in [-0.1, -0.05) is 42.5 Å². The molecule has 2 aromatic carbocycles. The Morgan fingerprint density at radius 1 is 0.850 bits per heavy atom. The summed E-state index contributed by atoms with van der Waals surface area (Å²) in [4.78, 5) is 3.45. The molecule has 0 aliphatic heterocycles. The number of hydrogen-bond donors (Lipinski definition) is 1. The van der Waals surface area contributed by atoms with Gasteiger partial charge in [-0.05, 0) is 53.6 Å². The zero-order chi connectivity index (χ0) is 13.7. The largest absolute Gasteiger partial charge is 0.361 e. The molecule has 20 heavy (non-hydrogen) atoms. The van der Waals surface area contributed by atoms with E-state index in [0.29, 0.717) is 0 Å². The zero-order valence-electron chi connectivity index (χ0n) is 11.8. The molecule has 1 heteroatoms. The maximum absolute atomic E-state index is 3.45. The summed E-state index contributed by atoms with van der Waals surface area (Å²) < 4.78 is 0. The normalized spacial score (nSPS) is 12.3. The fourth-order valence-corrected chi connectivity index (χ4v) is 3.27. The molecular formula is C19H17N. The van der Waals surface area contributed by atoms with E-state index in [4.69, 9.17) is 0 Å². The van der Waals surface area contributed by atoms with Crippen LogP contribution in [0.3, 0.4) is 0 Å². The number of nitrogens with one attached hydrogen (secondary N) is 1. The van der Waals surface area contributed by atoms with Gasteiger partial charge in [-0.3, -0.25) is 0 Å². The number of rotatable bonds is 1. The molecule has 1 heterocycles. The van der Waals surface area contributed by atoms with E-state index in [1.807, 2.05) is 0 Å². The van der Waals surface area contributed by atoms with Gasteiger partial charge in [0.25, 0.3) is 0 Å². The molecule has 1 aliphatic rings. The molecule has 4 rings (SSSR count). The Labute approximate surface area is 119 Å². The lowest BCUT2D eigenvalue weighted by Gasteiger charge is -2.08. The molecule has 1 aromatic heterocycles. The molecule has 0 bridgehead atoms. The molecule has 0 unspecified atom stereocenters. The van der Waals surface area contributed by atoms with Crippen molar-refractivity contribution < 1.29 is 0 Å². The molecule has 0 amide bonds. The molecule has 1 aliphatic carbocycles. The van der Waals surface area contributed by atoms with Crippen LogP contribution >= 0.6 is 0 Å². The lowest BCUT2D eigenvalue weighted by Crippen LogP contribution is -1.89. The minimum Gasteiger partial charge on any atom is -0.361 e. The number of hydrogen-bond acceptors (Lipinski definition) is 0. The number of aromatic amines is 1. The van der Waals surface area contributed by atoms with Crippen molar-refractivity contribution >= 4 is 0 Å². The molecule has 98 valence electrons. The Hall–Kier alpha value is -2.28. The number of H-pyrrole nitrogens is 1. The second kappa shape index (κ2) is 4.11. The van der Waals surface area contributed by atoms with Crippen molar-refractivity contribution in [3.05, 3.63) is 70.9 Å². The molecule has 0 fully saturated rings. The highest BCUT2D eigenvalue weighted by Crippen LogP contribution is 2.41. The summed E-state index contributed by atoms with van der Waals surface area (Å²) in [6.45, 7) is 4.36. The highest BCUT2D eigenvalue weighted by molar-refractivity contribution is 5.84. The molecular weight excluding hydrogens is 242 g/mol. The van der Waals surface area contributed by atoms with E-state index in [1.165, 1.54) is 44.6 Å². The molecule has 1 N–H and O–H groups in total. The summed E-state index contributed by atoms with van der Waals surface area (Å²) >= 11 is 0. The van der Waals surface area contributed by atoms with Crippen molar-refractivity contribution in [3.63, 3.8) is 0 Å². The number of benzene rings is 2. The van der Waals surface area contributed by atoms with E-state index in [9.17, 15) is 0 Å². The van der Waals surface area contributed by atoms with E-state index < -0.39 is 0 Å². The third kappa shape index (κ3) is 1.50. The average molecular weight is 259 g/mol. The van der Waals surface area contributed by atoms with Gasteiger partial charge in [-0.15, -0.1) is 0 Å². The van der Waals surface area contributed by atoms with Gasteiger partial charge in [0.05, 0.1) is 0 Å². The summed E-state index contributed by atoms with van der Waals surface area (Å²) in [5, 5.41) is 0. The van der Waals surface area contributed by atoms with Crippen molar-refractivity contribution in [3.8, 4) is 22.4 Å². The SMILES string of the molecule is Cc1c[nH]c(-c2cccc3c2Cc2ccccc2-3)c1C. The summed E-state index contributed by atoms with van der Waals surface area (Å²) in [7, 11) is 0. The van der Waals surface area contributed by atoms with E-state index in [2.05, 4.69) is 67.5 Å². The second-order valence-corrected chi connectivity index (χ2v) is 5.64. The standard InChI is InChI=1S/C19H17N/c1-12-11-20-19(13(12)2)17-9-5-8-16-15-7-4-3-6-14(15)10-18(16)17/h3-9,11,20H,10H2,1-2H3. The predicted octanol–water partition coefficient (Wildman–Crippen LogP) is 4.87. The molecule has 0 atom stereocenters. The molecule has 0 spiro atoms. The lowest BCUT2D eigenvalue weighted by molar-refractivity contribution is 1.25. The molecule has 1 nitrogen and oxygen atoms in total. The van der Waals surface area contributed by atoms with Crippen LogP contribution < -0.4 is 0 Å². The first-order chi connectivity index (χ1) is 9.75. The number of aryl methyl sites for hydroxylation is 1. The van der Waals surface area contributed by atoms with Gasteiger partial charge in [-0.25, -0.2) is 0 Å². The third-order valence-electron chi connectivity index (χ3n) is 4.52. The first-order valence-electron chi connectivity index (χ1n) is 7.11. The molecule has 3 aromatic rings. The van der Waals surface area contributed by atoms with Crippen molar-refractivity contribution in [2.24, 2.45) is 0 Å². The fourth-order valence-electron chi connectivity index (χ4n) is 3.27. The van der Waals surface area contributed by atoms with Gasteiger partial charge < -0.3 is 4.98 Å².